The molecule has 1 aromatic rings. The molecule has 1 N–H and O–H groups in total. The second kappa shape index (κ2) is 4.41. The molecule has 0 aliphatic rings. The molecular weight excluding hydrogens is 245 g/mol. The Hall–Kier alpha value is -1.74. The van der Waals surface area contributed by atoms with Crippen LogP contribution in [0.1, 0.15) is 5.56 Å². The summed E-state index contributed by atoms with van der Waals surface area (Å²) in [5.41, 5.74) is -0.362. The van der Waals surface area contributed by atoms with E-state index in [-0.39, 0.29) is 16.3 Å². The number of amides is 1. The van der Waals surface area contributed by atoms with Crippen LogP contribution in [0.2, 0.25) is 5.02 Å². The molecule has 0 unspecified atom stereocenters. The molecule has 0 bridgehead atoms. The molecule has 0 atom stereocenters. The lowest BCUT2D eigenvalue weighted by Crippen LogP contribution is -2.30. The van der Waals surface area contributed by atoms with Crippen LogP contribution in [0.5, 0.6) is 0 Å². The summed E-state index contributed by atoms with van der Waals surface area (Å²) >= 11 is 5.53. The van der Waals surface area contributed by atoms with Crippen LogP contribution in [-0.4, -0.2) is 12.1 Å². The van der Waals surface area contributed by atoms with Crippen molar-refractivity contribution in [3.8, 4) is 6.07 Å². The lowest BCUT2D eigenvalue weighted by atomic mass is 10.2. The molecule has 3 nitrogen and oxygen atoms in total. The van der Waals surface area contributed by atoms with Crippen LogP contribution in [-0.2, 0) is 4.79 Å². The zero-order valence-corrected chi connectivity index (χ0v) is 8.36. The summed E-state index contributed by atoms with van der Waals surface area (Å²) in [6.07, 6.45) is -5.00. The first kappa shape index (κ1) is 12.3. The Kier molecular flexibility index (Phi) is 3.40. The standard InChI is InChI=1S/C9H4ClF3N2O/c10-6-2-1-5(4-14)7(3-6)15-8(16)9(11,12)13/h1-3H,(H,15,16). The first-order valence-corrected chi connectivity index (χ1v) is 4.30. The molecule has 0 saturated heterocycles. The van der Waals surface area contributed by atoms with Gasteiger partial charge in [0.15, 0.2) is 0 Å². The highest BCUT2D eigenvalue weighted by Crippen LogP contribution is 2.23. The SMILES string of the molecule is N#Cc1ccc(Cl)cc1NC(=O)C(F)(F)F. The third kappa shape index (κ3) is 2.87. The Morgan fingerprint density at radius 3 is 2.56 bits per heavy atom. The summed E-state index contributed by atoms with van der Waals surface area (Å²) in [5.74, 6) is -2.15. The van der Waals surface area contributed by atoms with Crippen molar-refractivity contribution >= 4 is 23.2 Å². The van der Waals surface area contributed by atoms with Gasteiger partial charge in [-0.3, -0.25) is 4.79 Å². The average molecular weight is 249 g/mol. The number of benzene rings is 1. The van der Waals surface area contributed by atoms with Gasteiger partial charge >= 0.3 is 12.1 Å². The van der Waals surface area contributed by atoms with Gasteiger partial charge in [-0.25, -0.2) is 0 Å². The summed E-state index contributed by atoms with van der Waals surface area (Å²) in [6, 6.07) is 5.27. The third-order valence-corrected chi connectivity index (χ3v) is 1.84. The quantitative estimate of drug-likeness (QED) is 0.831. The van der Waals surface area contributed by atoms with Gasteiger partial charge in [0.05, 0.1) is 11.3 Å². The fourth-order valence-corrected chi connectivity index (χ4v) is 1.08. The Morgan fingerprint density at radius 2 is 2.06 bits per heavy atom. The molecule has 0 aromatic heterocycles. The predicted molar refractivity (Wildman–Crippen MR) is 50.9 cm³/mol. The molecule has 1 rings (SSSR count). The minimum atomic E-state index is -5.00. The highest BCUT2D eigenvalue weighted by Gasteiger charge is 2.38. The fraction of sp³-hybridized carbons (Fsp3) is 0.111. The lowest BCUT2D eigenvalue weighted by Gasteiger charge is -2.09. The molecule has 0 heterocycles. The van der Waals surface area contributed by atoms with Crippen LogP contribution in [0.4, 0.5) is 18.9 Å². The Labute approximate surface area is 93.4 Å². The molecule has 0 spiro atoms. The van der Waals surface area contributed by atoms with Crippen molar-refractivity contribution in [3.63, 3.8) is 0 Å². The number of halogens is 4. The Bertz CT molecular complexity index is 465. The van der Waals surface area contributed by atoms with Gasteiger partial charge in [0, 0.05) is 5.02 Å². The van der Waals surface area contributed by atoms with E-state index in [1.807, 2.05) is 0 Å². The second-order valence-electron chi connectivity index (χ2n) is 2.75. The van der Waals surface area contributed by atoms with Crippen LogP contribution < -0.4 is 5.32 Å². The molecule has 16 heavy (non-hydrogen) atoms. The van der Waals surface area contributed by atoms with Crippen LogP contribution in [0.25, 0.3) is 0 Å². The molecule has 1 aromatic carbocycles. The van der Waals surface area contributed by atoms with Gasteiger partial charge < -0.3 is 5.32 Å². The average Bonchev–Trinajstić information content (AvgIpc) is 2.16. The number of hydrogen-bond acceptors (Lipinski definition) is 2. The van der Waals surface area contributed by atoms with Crippen molar-refractivity contribution < 1.29 is 18.0 Å². The van der Waals surface area contributed by atoms with E-state index < -0.39 is 12.1 Å². The number of nitrogens with zero attached hydrogens (tertiary/aromatic N) is 1. The summed E-state index contributed by atoms with van der Waals surface area (Å²) < 4.78 is 35.8. The van der Waals surface area contributed by atoms with E-state index in [0.717, 1.165) is 6.07 Å². The number of nitriles is 1. The molecule has 0 fully saturated rings. The van der Waals surface area contributed by atoms with E-state index >= 15 is 0 Å². The molecule has 7 heteroatoms. The molecule has 0 aliphatic heterocycles. The minimum absolute atomic E-state index is 0.0954. The van der Waals surface area contributed by atoms with Gasteiger partial charge in [-0.1, -0.05) is 11.6 Å². The number of hydrogen-bond donors (Lipinski definition) is 1. The summed E-state index contributed by atoms with van der Waals surface area (Å²) in [5, 5.41) is 10.3. The summed E-state index contributed by atoms with van der Waals surface area (Å²) in [6.45, 7) is 0. The predicted octanol–water partition coefficient (Wildman–Crippen LogP) is 2.71. The first-order chi connectivity index (χ1) is 7.34. The van der Waals surface area contributed by atoms with Crippen LogP contribution in [0, 0.1) is 11.3 Å². The monoisotopic (exact) mass is 248 g/mol. The molecular formula is C9H4ClF3N2O. The largest absolute Gasteiger partial charge is 0.471 e. The maximum Gasteiger partial charge on any atom is 0.471 e. The molecule has 1 amide bonds. The minimum Gasteiger partial charge on any atom is -0.317 e. The van der Waals surface area contributed by atoms with Crippen molar-refractivity contribution in [1.29, 1.82) is 5.26 Å². The van der Waals surface area contributed by atoms with Gasteiger partial charge in [0.25, 0.3) is 0 Å². The van der Waals surface area contributed by atoms with E-state index in [1.165, 1.54) is 12.1 Å². The molecule has 0 aliphatic carbocycles. The first-order valence-electron chi connectivity index (χ1n) is 3.92. The third-order valence-electron chi connectivity index (χ3n) is 1.61. The van der Waals surface area contributed by atoms with Crippen LogP contribution in [0.3, 0.4) is 0 Å². The van der Waals surface area contributed by atoms with E-state index in [2.05, 4.69) is 0 Å². The highest BCUT2D eigenvalue weighted by molar-refractivity contribution is 6.31. The second-order valence-corrected chi connectivity index (χ2v) is 3.19. The number of rotatable bonds is 1. The van der Waals surface area contributed by atoms with Crippen molar-refractivity contribution in [1.82, 2.24) is 0 Å². The number of alkyl halides is 3. The smallest absolute Gasteiger partial charge is 0.317 e. The van der Waals surface area contributed by atoms with Gasteiger partial charge in [-0.05, 0) is 18.2 Å². The topological polar surface area (TPSA) is 52.9 Å². The van der Waals surface area contributed by atoms with Crippen LogP contribution in [0.15, 0.2) is 18.2 Å². The normalized spacial score (nSPS) is 10.7. The lowest BCUT2D eigenvalue weighted by molar-refractivity contribution is -0.167. The number of anilines is 1. The summed E-state index contributed by atoms with van der Waals surface area (Å²) in [4.78, 5) is 10.6. The zero-order chi connectivity index (χ0) is 12.3. The van der Waals surface area contributed by atoms with Gasteiger partial charge in [0.2, 0.25) is 0 Å². The molecule has 0 saturated carbocycles. The van der Waals surface area contributed by atoms with Gasteiger partial charge in [0.1, 0.15) is 6.07 Å². The number of nitrogens with one attached hydrogen (secondary N) is 1. The molecule has 84 valence electrons. The Morgan fingerprint density at radius 1 is 1.44 bits per heavy atom. The highest BCUT2D eigenvalue weighted by atomic mass is 35.5. The van der Waals surface area contributed by atoms with Gasteiger partial charge in [-0.15, -0.1) is 0 Å². The van der Waals surface area contributed by atoms with Gasteiger partial charge in [-0.2, -0.15) is 18.4 Å². The number of carbonyl (C=O) groups is 1. The van der Waals surface area contributed by atoms with E-state index in [0.29, 0.717) is 0 Å². The maximum absolute atomic E-state index is 11.9. The number of carbonyl (C=O) groups excluding carboxylic acids is 1. The van der Waals surface area contributed by atoms with Crippen LogP contribution >= 0.6 is 11.6 Å². The van der Waals surface area contributed by atoms with Crippen molar-refractivity contribution in [2.45, 2.75) is 6.18 Å². The van der Waals surface area contributed by atoms with E-state index in [9.17, 15) is 18.0 Å². The fourth-order valence-electron chi connectivity index (χ4n) is 0.911. The zero-order valence-electron chi connectivity index (χ0n) is 7.60. The van der Waals surface area contributed by atoms with Crippen molar-refractivity contribution in [3.05, 3.63) is 28.8 Å². The Balaban J connectivity index is 3.02. The summed E-state index contributed by atoms with van der Waals surface area (Å²) in [7, 11) is 0. The van der Waals surface area contributed by atoms with E-state index in [4.69, 9.17) is 16.9 Å². The molecule has 0 radical (unpaired) electrons. The maximum atomic E-state index is 11.9. The van der Waals surface area contributed by atoms with Crippen molar-refractivity contribution in [2.24, 2.45) is 0 Å². The van der Waals surface area contributed by atoms with Crippen molar-refractivity contribution in [2.75, 3.05) is 5.32 Å². The van der Waals surface area contributed by atoms with E-state index in [1.54, 1.807) is 11.4 Å².